The molecule has 1 N–H and O–H groups in total. The van der Waals surface area contributed by atoms with Crippen molar-refractivity contribution in [2.45, 2.75) is 6.54 Å². The summed E-state index contributed by atoms with van der Waals surface area (Å²) in [4.78, 5) is 30.8. The van der Waals surface area contributed by atoms with Crippen LogP contribution in [-0.2, 0) is 6.54 Å². The fraction of sp³-hybridized carbons (Fsp3) is 0.105. The lowest BCUT2D eigenvalue weighted by Gasteiger charge is -2.17. The van der Waals surface area contributed by atoms with Gasteiger partial charge in [0.1, 0.15) is 0 Å². The monoisotopic (exact) mass is 351 g/mol. The van der Waals surface area contributed by atoms with Gasteiger partial charge in [0.25, 0.3) is 11.8 Å². The van der Waals surface area contributed by atoms with Crippen molar-refractivity contribution in [3.8, 4) is 0 Å². The van der Waals surface area contributed by atoms with E-state index in [1.807, 2.05) is 23.6 Å². The Hall–Kier alpha value is -2.99. The van der Waals surface area contributed by atoms with Crippen LogP contribution in [0.5, 0.6) is 0 Å². The maximum Gasteiger partial charge on any atom is 0.265 e. The topological polar surface area (TPSA) is 62.3 Å². The molecule has 0 fully saturated rings. The van der Waals surface area contributed by atoms with Gasteiger partial charge in [-0.15, -0.1) is 11.3 Å². The highest BCUT2D eigenvalue weighted by Gasteiger charge is 2.13. The van der Waals surface area contributed by atoms with Gasteiger partial charge in [-0.2, -0.15) is 0 Å². The number of amides is 2. The Kier molecular flexibility index (Phi) is 5.20. The molecule has 0 saturated carbocycles. The van der Waals surface area contributed by atoms with Gasteiger partial charge >= 0.3 is 0 Å². The average molecular weight is 351 g/mol. The zero-order valence-corrected chi connectivity index (χ0v) is 14.5. The van der Waals surface area contributed by atoms with Crippen molar-refractivity contribution in [2.24, 2.45) is 0 Å². The van der Waals surface area contributed by atoms with Crippen LogP contribution in [0, 0.1) is 0 Å². The maximum atomic E-state index is 12.5. The van der Waals surface area contributed by atoms with Gasteiger partial charge in [0.15, 0.2) is 0 Å². The zero-order chi connectivity index (χ0) is 17.6. The van der Waals surface area contributed by atoms with Gasteiger partial charge in [0.05, 0.1) is 4.88 Å². The van der Waals surface area contributed by atoms with Crippen LogP contribution in [0.25, 0.3) is 0 Å². The summed E-state index contributed by atoms with van der Waals surface area (Å²) in [6.45, 7) is 0.512. The number of aromatic nitrogens is 1. The predicted molar refractivity (Wildman–Crippen MR) is 98.7 cm³/mol. The maximum absolute atomic E-state index is 12.5. The third kappa shape index (κ3) is 4.30. The van der Waals surface area contributed by atoms with Crippen molar-refractivity contribution in [3.05, 3.63) is 82.3 Å². The van der Waals surface area contributed by atoms with E-state index in [0.717, 1.165) is 5.56 Å². The minimum Gasteiger partial charge on any atom is -0.337 e. The number of hydrogen-bond donors (Lipinski definition) is 1. The van der Waals surface area contributed by atoms with Crippen LogP contribution in [-0.4, -0.2) is 28.7 Å². The molecule has 5 nitrogen and oxygen atoms in total. The second-order valence-electron chi connectivity index (χ2n) is 5.53. The van der Waals surface area contributed by atoms with E-state index in [1.54, 1.807) is 54.7 Å². The van der Waals surface area contributed by atoms with Crippen LogP contribution < -0.4 is 5.32 Å². The van der Waals surface area contributed by atoms with Gasteiger partial charge < -0.3 is 10.2 Å². The largest absolute Gasteiger partial charge is 0.337 e. The van der Waals surface area contributed by atoms with Crippen LogP contribution in [0.4, 0.5) is 5.69 Å². The highest BCUT2D eigenvalue weighted by atomic mass is 32.1. The number of rotatable bonds is 5. The second kappa shape index (κ2) is 7.72. The average Bonchev–Trinajstić information content (AvgIpc) is 3.17. The molecule has 2 heterocycles. The highest BCUT2D eigenvalue weighted by molar-refractivity contribution is 7.12. The van der Waals surface area contributed by atoms with Gasteiger partial charge in [0, 0.05) is 37.2 Å². The first kappa shape index (κ1) is 16.9. The molecule has 25 heavy (non-hydrogen) atoms. The van der Waals surface area contributed by atoms with Crippen molar-refractivity contribution in [1.29, 1.82) is 0 Å². The molecule has 0 bridgehead atoms. The van der Waals surface area contributed by atoms with E-state index in [9.17, 15) is 9.59 Å². The van der Waals surface area contributed by atoms with Gasteiger partial charge in [-0.1, -0.05) is 6.07 Å². The molecule has 3 aromatic rings. The normalized spacial score (nSPS) is 10.3. The molecule has 6 heteroatoms. The minimum atomic E-state index is -0.149. The molecule has 0 aliphatic heterocycles. The smallest absolute Gasteiger partial charge is 0.265 e. The third-order valence-electron chi connectivity index (χ3n) is 3.65. The number of pyridine rings is 1. The van der Waals surface area contributed by atoms with Crippen LogP contribution >= 0.6 is 11.3 Å². The molecule has 0 aliphatic rings. The van der Waals surface area contributed by atoms with E-state index in [4.69, 9.17) is 0 Å². The minimum absolute atomic E-state index is 0.0760. The Morgan fingerprint density at radius 2 is 1.80 bits per heavy atom. The van der Waals surface area contributed by atoms with Crippen LogP contribution in [0.2, 0.25) is 0 Å². The molecule has 0 radical (unpaired) electrons. The number of anilines is 1. The third-order valence-corrected chi connectivity index (χ3v) is 4.52. The van der Waals surface area contributed by atoms with Crippen LogP contribution in [0.15, 0.2) is 66.3 Å². The van der Waals surface area contributed by atoms with Gasteiger partial charge in [-0.25, -0.2) is 0 Å². The molecule has 2 aromatic heterocycles. The lowest BCUT2D eigenvalue weighted by molar-refractivity contribution is 0.0785. The van der Waals surface area contributed by atoms with Gasteiger partial charge in [-0.3, -0.25) is 14.6 Å². The van der Waals surface area contributed by atoms with Gasteiger partial charge in [0.2, 0.25) is 0 Å². The number of benzene rings is 1. The summed E-state index contributed by atoms with van der Waals surface area (Å²) in [5, 5.41) is 4.68. The summed E-state index contributed by atoms with van der Waals surface area (Å²) in [5.41, 5.74) is 2.25. The molecule has 0 aliphatic carbocycles. The summed E-state index contributed by atoms with van der Waals surface area (Å²) >= 11 is 1.39. The number of thiophene rings is 1. The number of carbonyl (C=O) groups is 2. The van der Waals surface area contributed by atoms with E-state index >= 15 is 0 Å². The van der Waals surface area contributed by atoms with E-state index in [-0.39, 0.29) is 11.8 Å². The number of nitrogens with zero attached hydrogens (tertiary/aromatic N) is 2. The van der Waals surface area contributed by atoms with Crippen LogP contribution in [0.3, 0.4) is 0 Å². The molecule has 0 atom stereocenters. The fourth-order valence-electron chi connectivity index (χ4n) is 2.35. The lowest BCUT2D eigenvalue weighted by Crippen LogP contribution is -2.26. The van der Waals surface area contributed by atoms with Crippen molar-refractivity contribution >= 4 is 28.8 Å². The molecular formula is C19H17N3O2S. The van der Waals surface area contributed by atoms with Crippen molar-refractivity contribution in [3.63, 3.8) is 0 Å². The Labute approximate surface area is 149 Å². The Morgan fingerprint density at radius 3 is 2.44 bits per heavy atom. The number of nitrogens with one attached hydrogen (secondary N) is 1. The molecule has 0 spiro atoms. The molecule has 126 valence electrons. The summed E-state index contributed by atoms with van der Waals surface area (Å²) in [6.07, 6.45) is 3.41. The lowest BCUT2D eigenvalue weighted by atomic mass is 10.1. The quantitative estimate of drug-likeness (QED) is 0.763. The second-order valence-corrected chi connectivity index (χ2v) is 6.47. The van der Waals surface area contributed by atoms with Crippen molar-refractivity contribution < 1.29 is 9.59 Å². The summed E-state index contributed by atoms with van der Waals surface area (Å²) < 4.78 is 0. The first-order valence-electron chi connectivity index (χ1n) is 7.73. The Morgan fingerprint density at radius 1 is 1.08 bits per heavy atom. The number of carbonyl (C=O) groups excluding carboxylic acids is 2. The summed E-state index contributed by atoms with van der Waals surface area (Å²) in [6, 6.07) is 14.3. The van der Waals surface area contributed by atoms with E-state index < -0.39 is 0 Å². The van der Waals surface area contributed by atoms with Crippen molar-refractivity contribution in [1.82, 2.24) is 9.88 Å². The predicted octanol–water partition coefficient (Wildman–Crippen LogP) is 3.67. The standard InChI is InChI=1S/C19H17N3O2S/c1-22(13-14-8-10-20-11-9-14)19(24)15-4-6-16(7-5-15)21-18(23)17-3-2-12-25-17/h2-12H,13H2,1H3,(H,21,23). The molecule has 2 amide bonds. The molecule has 3 rings (SSSR count). The van der Waals surface area contributed by atoms with Crippen LogP contribution in [0.1, 0.15) is 25.6 Å². The Balaban J connectivity index is 1.63. The first-order chi connectivity index (χ1) is 12.1. The molecule has 1 aromatic carbocycles. The zero-order valence-electron chi connectivity index (χ0n) is 13.7. The fourth-order valence-corrected chi connectivity index (χ4v) is 2.97. The van der Waals surface area contributed by atoms with E-state index in [0.29, 0.717) is 22.7 Å². The SMILES string of the molecule is CN(Cc1ccncc1)C(=O)c1ccc(NC(=O)c2cccs2)cc1. The summed E-state index contributed by atoms with van der Waals surface area (Å²) in [7, 11) is 1.76. The molecule has 0 saturated heterocycles. The van der Waals surface area contributed by atoms with Gasteiger partial charge in [-0.05, 0) is 53.4 Å². The van der Waals surface area contributed by atoms with E-state index in [2.05, 4.69) is 10.3 Å². The number of hydrogen-bond acceptors (Lipinski definition) is 4. The Bertz CT molecular complexity index is 846. The highest BCUT2D eigenvalue weighted by Crippen LogP contribution is 2.15. The molecule has 0 unspecified atom stereocenters. The molecular weight excluding hydrogens is 334 g/mol. The van der Waals surface area contributed by atoms with E-state index in [1.165, 1.54) is 11.3 Å². The van der Waals surface area contributed by atoms with Crippen molar-refractivity contribution in [2.75, 3.05) is 12.4 Å². The first-order valence-corrected chi connectivity index (χ1v) is 8.61. The summed E-state index contributed by atoms with van der Waals surface area (Å²) in [5.74, 6) is -0.225.